The summed E-state index contributed by atoms with van der Waals surface area (Å²) >= 11 is 0. The molecule has 0 aliphatic rings. The first kappa shape index (κ1) is 10.6. The Morgan fingerprint density at radius 2 is 1.50 bits per heavy atom. The van der Waals surface area contributed by atoms with Crippen LogP contribution in [0.4, 0.5) is 5.69 Å². The van der Waals surface area contributed by atoms with Gasteiger partial charge >= 0.3 is 0 Å². The van der Waals surface area contributed by atoms with Crippen molar-refractivity contribution in [1.29, 1.82) is 0 Å². The van der Waals surface area contributed by atoms with Gasteiger partial charge in [-0.25, -0.2) is 0 Å². The highest BCUT2D eigenvalue weighted by molar-refractivity contribution is 5.50. The van der Waals surface area contributed by atoms with Gasteiger partial charge in [0.1, 0.15) is 11.5 Å². The quantitative estimate of drug-likeness (QED) is 0.772. The molecule has 82 valence electrons. The van der Waals surface area contributed by atoms with Gasteiger partial charge in [-0.1, -0.05) is 17.7 Å². The van der Waals surface area contributed by atoms with E-state index in [9.17, 15) is 0 Å². The predicted molar refractivity (Wildman–Crippen MR) is 66.8 cm³/mol. The Morgan fingerprint density at radius 3 is 2.12 bits per heavy atom. The van der Waals surface area contributed by atoms with Crippen LogP contribution in [0.3, 0.4) is 0 Å². The van der Waals surface area contributed by atoms with Crippen LogP contribution in [0.5, 0.6) is 11.5 Å². The Bertz CT molecular complexity index is 489. The molecule has 0 saturated heterocycles. The Balaban J connectivity index is 2.20. The number of hydrogen-bond donors (Lipinski definition) is 1. The Hall–Kier alpha value is -1.96. The van der Waals surface area contributed by atoms with Gasteiger partial charge in [-0.3, -0.25) is 0 Å². The summed E-state index contributed by atoms with van der Waals surface area (Å²) in [5.41, 5.74) is 8.79. The van der Waals surface area contributed by atoms with E-state index in [1.54, 1.807) is 0 Å². The number of anilines is 1. The topological polar surface area (TPSA) is 35.2 Å². The largest absolute Gasteiger partial charge is 0.457 e. The van der Waals surface area contributed by atoms with Gasteiger partial charge in [0.05, 0.1) is 0 Å². The molecule has 0 aliphatic heterocycles. The fourth-order valence-electron chi connectivity index (χ4n) is 1.45. The van der Waals surface area contributed by atoms with Crippen molar-refractivity contribution in [3.05, 3.63) is 53.6 Å². The molecule has 0 aromatic heterocycles. The molecule has 16 heavy (non-hydrogen) atoms. The van der Waals surface area contributed by atoms with Crippen LogP contribution in [0, 0.1) is 13.8 Å². The molecule has 0 aliphatic carbocycles. The molecule has 0 fully saturated rings. The van der Waals surface area contributed by atoms with Crippen LogP contribution in [0.15, 0.2) is 42.5 Å². The highest BCUT2D eigenvalue weighted by atomic mass is 16.5. The van der Waals surface area contributed by atoms with Gasteiger partial charge in [0.2, 0.25) is 0 Å². The van der Waals surface area contributed by atoms with Crippen LogP contribution in [-0.2, 0) is 0 Å². The zero-order valence-electron chi connectivity index (χ0n) is 9.53. The summed E-state index contributed by atoms with van der Waals surface area (Å²) in [6.07, 6.45) is 0. The first-order valence-corrected chi connectivity index (χ1v) is 5.26. The molecule has 0 saturated carbocycles. The van der Waals surface area contributed by atoms with Crippen molar-refractivity contribution < 1.29 is 4.74 Å². The first-order valence-electron chi connectivity index (χ1n) is 5.26. The molecule has 2 aromatic carbocycles. The second-order valence-electron chi connectivity index (χ2n) is 3.93. The van der Waals surface area contributed by atoms with E-state index in [1.807, 2.05) is 49.4 Å². The van der Waals surface area contributed by atoms with Gasteiger partial charge in [-0.2, -0.15) is 0 Å². The van der Waals surface area contributed by atoms with Crippen molar-refractivity contribution in [2.24, 2.45) is 0 Å². The molecule has 0 radical (unpaired) electrons. The normalized spacial score (nSPS) is 10.1. The second kappa shape index (κ2) is 4.27. The third kappa shape index (κ3) is 2.34. The highest BCUT2D eigenvalue weighted by Gasteiger charge is 1.99. The number of benzene rings is 2. The summed E-state index contributed by atoms with van der Waals surface area (Å²) in [5.74, 6) is 1.66. The smallest absolute Gasteiger partial charge is 0.127 e. The van der Waals surface area contributed by atoms with Crippen molar-refractivity contribution in [2.45, 2.75) is 13.8 Å². The van der Waals surface area contributed by atoms with E-state index < -0.39 is 0 Å². The summed E-state index contributed by atoms with van der Waals surface area (Å²) in [5, 5.41) is 0. The van der Waals surface area contributed by atoms with Crippen LogP contribution in [0.1, 0.15) is 11.1 Å². The molecular weight excluding hydrogens is 198 g/mol. The number of nitrogen functional groups attached to an aromatic ring is 1. The van der Waals surface area contributed by atoms with E-state index in [2.05, 4.69) is 6.92 Å². The second-order valence-corrected chi connectivity index (χ2v) is 3.93. The molecule has 0 heterocycles. The minimum absolute atomic E-state index is 0.788. The van der Waals surface area contributed by atoms with Crippen molar-refractivity contribution in [3.8, 4) is 11.5 Å². The molecule has 2 aromatic rings. The van der Waals surface area contributed by atoms with Crippen LogP contribution in [0.2, 0.25) is 0 Å². The number of ether oxygens (including phenoxy) is 1. The molecule has 0 atom stereocenters. The SMILES string of the molecule is Cc1ccc(Oc2ccc(N)c(C)c2)cc1. The third-order valence-corrected chi connectivity index (χ3v) is 2.50. The number of hydrogen-bond acceptors (Lipinski definition) is 2. The lowest BCUT2D eigenvalue weighted by Crippen LogP contribution is -1.90. The molecule has 2 N–H and O–H groups in total. The Kier molecular flexibility index (Phi) is 2.82. The maximum Gasteiger partial charge on any atom is 0.127 e. The zero-order chi connectivity index (χ0) is 11.5. The van der Waals surface area contributed by atoms with Crippen LogP contribution >= 0.6 is 0 Å². The zero-order valence-corrected chi connectivity index (χ0v) is 9.53. The number of rotatable bonds is 2. The lowest BCUT2D eigenvalue weighted by molar-refractivity contribution is 0.482. The minimum Gasteiger partial charge on any atom is -0.457 e. The first-order chi connectivity index (χ1) is 7.65. The summed E-state index contributed by atoms with van der Waals surface area (Å²) in [7, 11) is 0. The van der Waals surface area contributed by atoms with E-state index in [-0.39, 0.29) is 0 Å². The summed E-state index contributed by atoms with van der Waals surface area (Å²) in [6, 6.07) is 13.7. The van der Waals surface area contributed by atoms with Crippen LogP contribution in [0.25, 0.3) is 0 Å². The van der Waals surface area contributed by atoms with Crippen molar-refractivity contribution in [3.63, 3.8) is 0 Å². The maximum atomic E-state index is 5.75. The van der Waals surface area contributed by atoms with Gasteiger partial charge < -0.3 is 10.5 Å². The van der Waals surface area contributed by atoms with E-state index in [0.29, 0.717) is 0 Å². The molecule has 0 unspecified atom stereocenters. The van der Waals surface area contributed by atoms with Gasteiger partial charge in [0.15, 0.2) is 0 Å². The third-order valence-electron chi connectivity index (χ3n) is 2.50. The number of nitrogens with two attached hydrogens (primary N) is 1. The standard InChI is InChI=1S/C14H15NO/c1-10-3-5-12(6-4-10)16-13-7-8-14(15)11(2)9-13/h3-9H,15H2,1-2H3. The Morgan fingerprint density at radius 1 is 0.875 bits per heavy atom. The molecule has 2 nitrogen and oxygen atoms in total. The fourth-order valence-corrected chi connectivity index (χ4v) is 1.45. The average Bonchev–Trinajstić information content (AvgIpc) is 2.27. The molecule has 0 amide bonds. The van der Waals surface area contributed by atoms with Crippen molar-refractivity contribution >= 4 is 5.69 Å². The Labute approximate surface area is 95.7 Å². The average molecular weight is 213 g/mol. The fraction of sp³-hybridized carbons (Fsp3) is 0.143. The van der Waals surface area contributed by atoms with Gasteiger partial charge in [-0.05, 0) is 49.7 Å². The van der Waals surface area contributed by atoms with Crippen molar-refractivity contribution in [2.75, 3.05) is 5.73 Å². The molecule has 2 heteroatoms. The summed E-state index contributed by atoms with van der Waals surface area (Å²) in [4.78, 5) is 0. The summed E-state index contributed by atoms with van der Waals surface area (Å²) < 4.78 is 5.71. The lowest BCUT2D eigenvalue weighted by Gasteiger charge is -2.07. The van der Waals surface area contributed by atoms with Gasteiger partial charge in [-0.15, -0.1) is 0 Å². The van der Waals surface area contributed by atoms with E-state index in [0.717, 1.165) is 22.7 Å². The predicted octanol–water partition coefficient (Wildman–Crippen LogP) is 3.68. The lowest BCUT2D eigenvalue weighted by atomic mass is 10.2. The van der Waals surface area contributed by atoms with Crippen molar-refractivity contribution in [1.82, 2.24) is 0 Å². The van der Waals surface area contributed by atoms with E-state index in [4.69, 9.17) is 10.5 Å². The van der Waals surface area contributed by atoms with E-state index in [1.165, 1.54) is 5.56 Å². The van der Waals surface area contributed by atoms with Crippen LogP contribution in [-0.4, -0.2) is 0 Å². The minimum atomic E-state index is 0.788. The maximum absolute atomic E-state index is 5.75. The molecule has 2 rings (SSSR count). The number of aryl methyl sites for hydroxylation is 2. The molecule has 0 bridgehead atoms. The monoisotopic (exact) mass is 213 g/mol. The van der Waals surface area contributed by atoms with Gasteiger partial charge in [0.25, 0.3) is 0 Å². The summed E-state index contributed by atoms with van der Waals surface area (Å²) in [6.45, 7) is 4.02. The van der Waals surface area contributed by atoms with E-state index >= 15 is 0 Å². The van der Waals surface area contributed by atoms with Crippen LogP contribution < -0.4 is 10.5 Å². The molecule has 0 spiro atoms. The molecular formula is C14H15NO. The highest BCUT2D eigenvalue weighted by Crippen LogP contribution is 2.24. The van der Waals surface area contributed by atoms with Gasteiger partial charge in [0, 0.05) is 5.69 Å².